The first-order valence-electron chi connectivity index (χ1n) is 7.15. The summed E-state index contributed by atoms with van der Waals surface area (Å²) in [6.45, 7) is 1.66. The van der Waals surface area contributed by atoms with Gasteiger partial charge < -0.3 is 10.6 Å². The average molecular weight is 386 g/mol. The standard InChI is InChI=1S/C17H15Cl3N2O2/c1-10(14-7-6-13(19)8-15(14)20)22-16(23)9-21-17(24)11-2-4-12(18)5-3-11/h2-8,10H,9H2,1H3,(H,21,24)(H,22,23)/t10-/m1/s1. The smallest absolute Gasteiger partial charge is 0.251 e. The maximum absolute atomic E-state index is 12.0. The van der Waals surface area contributed by atoms with Crippen LogP contribution in [0.25, 0.3) is 0 Å². The molecule has 0 saturated heterocycles. The third-order valence-electron chi connectivity index (χ3n) is 3.32. The molecule has 0 unspecified atom stereocenters. The molecule has 0 aliphatic carbocycles. The number of carbonyl (C=O) groups is 2. The molecule has 7 heteroatoms. The van der Waals surface area contributed by atoms with Crippen molar-refractivity contribution < 1.29 is 9.59 Å². The Morgan fingerprint density at radius 2 is 1.62 bits per heavy atom. The lowest BCUT2D eigenvalue weighted by Gasteiger charge is -2.16. The molecule has 2 rings (SSSR count). The summed E-state index contributed by atoms with van der Waals surface area (Å²) < 4.78 is 0. The predicted molar refractivity (Wildman–Crippen MR) is 96.8 cm³/mol. The summed E-state index contributed by atoms with van der Waals surface area (Å²) in [5, 5.41) is 6.86. The molecule has 0 saturated carbocycles. The highest BCUT2D eigenvalue weighted by Gasteiger charge is 2.14. The molecule has 2 amide bonds. The van der Waals surface area contributed by atoms with Gasteiger partial charge in [0.15, 0.2) is 0 Å². The summed E-state index contributed by atoms with van der Waals surface area (Å²) in [5.74, 6) is -0.671. The highest BCUT2D eigenvalue weighted by atomic mass is 35.5. The quantitative estimate of drug-likeness (QED) is 0.808. The van der Waals surface area contributed by atoms with E-state index in [-0.39, 0.29) is 24.4 Å². The Morgan fingerprint density at radius 3 is 2.25 bits per heavy atom. The lowest BCUT2D eigenvalue weighted by molar-refractivity contribution is -0.120. The SMILES string of the molecule is C[C@@H](NC(=O)CNC(=O)c1ccc(Cl)cc1)c1ccc(Cl)cc1Cl. The zero-order chi connectivity index (χ0) is 17.7. The van der Waals surface area contributed by atoms with E-state index in [9.17, 15) is 9.59 Å². The lowest BCUT2D eigenvalue weighted by atomic mass is 10.1. The first-order valence-corrected chi connectivity index (χ1v) is 8.28. The van der Waals surface area contributed by atoms with Gasteiger partial charge in [-0.2, -0.15) is 0 Å². The van der Waals surface area contributed by atoms with Crippen molar-refractivity contribution in [2.75, 3.05) is 6.54 Å². The summed E-state index contributed by atoms with van der Waals surface area (Å²) in [6.07, 6.45) is 0. The zero-order valence-electron chi connectivity index (χ0n) is 12.8. The minimum Gasteiger partial charge on any atom is -0.348 e. The predicted octanol–water partition coefficient (Wildman–Crippen LogP) is 4.25. The van der Waals surface area contributed by atoms with Gasteiger partial charge in [-0.1, -0.05) is 40.9 Å². The van der Waals surface area contributed by atoms with Crippen molar-refractivity contribution in [3.8, 4) is 0 Å². The maximum atomic E-state index is 12.0. The third kappa shape index (κ3) is 5.13. The molecule has 2 aromatic rings. The number of hydrogen-bond acceptors (Lipinski definition) is 2. The van der Waals surface area contributed by atoms with Crippen molar-refractivity contribution >= 4 is 46.6 Å². The first kappa shape index (κ1) is 18.6. The van der Waals surface area contributed by atoms with E-state index in [0.29, 0.717) is 20.6 Å². The van der Waals surface area contributed by atoms with Crippen molar-refractivity contribution in [2.45, 2.75) is 13.0 Å². The van der Waals surface area contributed by atoms with Crippen LogP contribution in [0.2, 0.25) is 15.1 Å². The summed E-state index contributed by atoms with van der Waals surface area (Å²) in [6, 6.07) is 11.2. The minimum absolute atomic E-state index is 0.142. The fraction of sp³-hybridized carbons (Fsp3) is 0.176. The van der Waals surface area contributed by atoms with Gasteiger partial charge in [0.2, 0.25) is 5.91 Å². The Labute approximate surface area is 155 Å². The minimum atomic E-state index is -0.348. The molecule has 2 aromatic carbocycles. The molecule has 24 heavy (non-hydrogen) atoms. The summed E-state index contributed by atoms with van der Waals surface area (Å²) in [4.78, 5) is 23.9. The van der Waals surface area contributed by atoms with Crippen molar-refractivity contribution in [3.63, 3.8) is 0 Å². The molecule has 0 bridgehead atoms. The maximum Gasteiger partial charge on any atom is 0.251 e. The van der Waals surface area contributed by atoms with Gasteiger partial charge in [-0.3, -0.25) is 9.59 Å². The molecule has 0 spiro atoms. The van der Waals surface area contributed by atoms with Crippen LogP contribution in [0.5, 0.6) is 0 Å². The summed E-state index contributed by atoms with van der Waals surface area (Å²) >= 11 is 17.7. The van der Waals surface area contributed by atoms with Gasteiger partial charge in [0, 0.05) is 20.6 Å². The molecule has 2 N–H and O–H groups in total. The van der Waals surface area contributed by atoms with Crippen LogP contribution < -0.4 is 10.6 Å². The van der Waals surface area contributed by atoms with Crippen molar-refractivity contribution in [1.82, 2.24) is 10.6 Å². The van der Waals surface area contributed by atoms with E-state index in [0.717, 1.165) is 5.56 Å². The second kappa shape index (κ2) is 8.38. The summed E-state index contributed by atoms with van der Waals surface area (Å²) in [7, 11) is 0. The highest BCUT2D eigenvalue weighted by Crippen LogP contribution is 2.25. The Kier molecular flexibility index (Phi) is 6.49. The van der Waals surface area contributed by atoms with Crippen LogP contribution >= 0.6 is 34.8 Å². The topological polar surface area (TPSA) is 58.2 Å². The molecule has 4 nitrogen and oxygen atoms in total. The van der Waals surface area contributed by atoms with E-state index in [1.807, 2.05) is 0 Å². The van der Waals surface area contributed by atoms with E-state index in [2.05, 4.69) is 10.6 Å². The van der Waals surface area contributed by atoms with Crippen LogP contribution in [0.4, 0.5) is 0 Å². The number of hydrogen-bond donors (Lipinski definition) is 2. The van der Waals surface area contributed by atoms with Crippen molar-refractivity contribution in [2.24, 2.45) is 0 Å². The average Bonchev–Trinajstić information content (AvgIpc) is 2.53. The zero-order valence-corrected chi connectivity index (χ0v) is 15.0. The van der Waals surface area contributed by atoms with E-state index >= 15 is 0 Å². The molecule has 0 aliphatic heterocycles. The Bertz CT molecular complexity index is 748. The van der Waals surface area contributed by atoms with Gasteiger partial charge in [0.1, 0.15) is 0 Å². The van der Waals surface area contributed by atoms with E-state index in [1.165, 1.54) is 0 Å². The van der Waals surface area contributed by atoms with Gasteiger partial charge in [0.05, 0.1) is 12.6 Å². The number of carbonyl (C=O) groups excluding carboxylic acids is 2. The van der Waals surface area contributed by atoms with Crippen LogP contribution in [-0.2, 0) is 4.79 Å². The van der Waals surface area contributed by atoms with Gasteiger partial charge >= 0.3 is 0 Å². The third-order valence-corrected chi connectivity index (χ3v) is 4.14. The van der Waals surface area contributed by atoms with Crippen LogP contribution in [0.15, 0.2) is 42.5 Å². The highest BCUT2D eigenvalue weighted by molar-refractivity contribution is 6.35. The van der Waals surface area contributed by atoms with Crippen LogP contribution in [0.1, 0.15) is 28.9 Å². The monoisotopic (exact) mass is 384 g/mol. The van der Waals surface area contributed by atoms with Crippen molar-refractivity contribution in [1.29, 1.82) is 0 Å². The lowest BCUT2D eigenvalue weighted by Crippen LogP contribution is -2.38. The van der Waals surface area contributed by atoms with Crippen molar-refractivity contribution in [3.05, 3.63) is 68.7 Å². The molecule has 126 valence electrons. The molecule has 0 fully saturated rings. The molecular formula is C17H15Cl3N2O2. The first-order chi connectivity index (χ1) is 11.4. The number of nitrogens with one attached hydrogen (secondary N) is 2. The molecule has 0 aromatic heterocycles. The molecule has 0 heterocycles. The van der Waals surface area contributed by atoms with E-state index in [4.69, 9.17) is 34.8 Å². The fourth-order valence-electron chi connectivity index (χ4n) is 2.09. The van der Waals surface area contributed by atoms with Crippen LogP contribution in [0.3, 0.4) is 0 Å². The molecule has 1 atom stereocenters. The number of halogens is 3. The fourth-order valence-corrected chi connectivity index (χ4v) is 2.78. The van der Waals surface area contributed by atoms with Gasteiger partial charge in [-0.05, 0) is 48.9 Å². The Balaban J connectivity index is 1.88. The largest absolute Gasteiger partial charge is 0.348 e. The van der Waals surface area contributed by atoms with E-state index < -0.39 is 0 Å². The normalized spacial score (nSPS) is 11.7. The second-order valence-corrected chi connectivity index (χ2v) is 6.42. The number of amides is 2. The molecule has 0 aliphatic rings. The van der Waals surface area contributed by atoms with Gasteiger partial charge in [0.25, 0.3) is 5.91 Å². The Morgan fingerprint density at radius 1 is 1.00 bits per heavy atom. The number of benzene rings is 2. The van der Waals surface area contributed by atoms with Gasteiger partial charge in [-0.25, -0.2) is 0 Å². The molecule has 0 radical (unpaired) electrons. The van der Waals surface area contributed by atoms with Crippen LogP contribution in [0, 0.1) is 0 Å². The van der Waals surface area contributed by atoms with E-state index in [1.54, 1.807) is 49.4 Å². The van der Waals surface area contributed by atoms with Crippen LogP contribution in [-0.4, -0.2) is 18.4 Å². The molecular weight excluding hydrogens is 371 g/mol. The second-order valence-electron chi connectivity index (χ2n) is 5.14. The Hall–Kier alpha value is -1.75. The van der Waals surface area contributed by atoms with Gasteiger partial charge in [-0.15, -0.1) is 0 Å². The number of rotatable bonds is 5. The summed E-state index contributed by atoms with van der Waals surface area (Å²) in [5.41, 5.74) is 1.18.